The number of amides is 1. The molecule has 0 aliphatic carbocycles. The van der Waals surface area contributed by atoms with Crippen LogP contribution in [0.1, 0.15) is 12.5 Å². The van der Waals surface area contributed by atoms with Gasteiger partial charge in [0.2, 0.25) is 5.91 Å². The van der Waals surface area contributed by atoms with Crippen LogP contribution < -0.4 is 14.8 Å². The van der Waals surface area contributed by atoms with Crippen molar-refractivity contribution in [3.05, 3.63) is 59.7 Å². The first-order valence-corrected chi connectivity index (χ1v) is 7.28. The Morgan fingerprint density at radius 2 is 1.96 bits per heavy atom. The first-order valence-electron chi connectivity index (χ1n) is 7.28. The van der Waals surface area contributed by atoms with Crippen molar-refractivity contribution in [2.24, 2.45) is 0 Å². The van der Waals surface area contributed by atoms with Crippen LogP contribution in [0.3, 0.4) is 0 Å². The molecule has 0 spiro atoms. The van der Waals surface area contributed by atoms with Crippen LogP contribution in [0.25, 0.3) is 6.08 Å². The molecule has 6 heteroatoms. The van der Waals surface area contributed by atoms with Crippen molar-refractivity contribution >= 4 is 17.7 Å². The summed E-state index contributed by atoms with van der Waals surface area (Å²) in [5.41, 5.74) is 0.625. The molecule has 0 atom stereocenters. The van der Waals surface area contributed by atoms with Gasteiger partial charge in [0, 0.05) is 12.1 Å². The van der Waals surface area contributed by atoms with Crippen LogP contribution in [-0.4, -0.2) is 19.6 Å². The van der Waals surface area contributed by atoms with Gasteiger partial charge in [-0.15, -0.1) is 0 Å². The fourth-order valence-electron chi connectivity index (χ4n) is 2.00. The summed E-state index contributed by atoms with van der Waals surface area (Å²) in [5, 5.41) is 2.34. The number of carbonyl (C=O) groups excluding carboxylic acids is 1. The molecule has 2 aromatic carbocycles. The second-order valence-electron chi connectivity index (χ2n) is 4.79. The minimum Gasteiger partial charge on any atom is -0.493 e. The quantitative estimate of drug-likeness (QED) is 0.812. The molecule has 1 N–H and O–H groups in total. The predicted molar refractivity (Wildman–Crippen MR) is 88.2 cm³/mol. The third kappa shape index (κ3) is 4.55. The van der Waals surface area contributed by atoms with Crippen molar-refractivity contribution < 1.29 is 23.0 Å². The maximum absolute atomic E-state index is 13.5. The average Bonchev–Trinajstić information content (AvgIpc) is 2.56. The highest BCUT2D eigenvalue weighted by Gasteiger charge is 2.07. The standard InChI is InChI=1S/C18H17F2NO3/c1-3-24-16-8-4-12(10-17(16)23-2)5-9-18(22)21-15-7-6-13(19)11-14(15)20/h4-11H,3H2,1-2H3,(H,21,22)/b9-5+. The molecule has 0 fully saturated rings. The van der Waals surface area contributed by atoms with Crippen molar-refractivity contribution in [3.8, 4) is 11.5 Å². The lowest BCUT2D eigenvalue weighted by molar-refractivity contribution is -0.111. The molecule has 2 rings (SSSR count). The largest absolute Gasteiger partial charge is 0.493 e. The van der Waals surface area contributed by atoms with Gasteiger partial charge in [-0.2, -0.15) is 0 Å². The summed E-state index contributed by atoms with van der Waals surface area (Å²) in [6.45, 7) is 2.38. The van der Waals surface area contributed by atoms with Crippen molar-refractivity contribution in [1.29, 1.82) is 0 Å². The summed E-state index contributed by atoms with van der Waals surface area (Å²) in [5.74, 6) is -0.922. The summed E-state index contributed by atoms with van der Waals surface area (Å²) in [6, 6.07) is 8.15. The predicted octanol–water partition coefficient (Wildman–Crippen LogP) is 4.02. The number of hydrogen-bond acceptors (Lipinski definition) is 3. The first-order chi connectivity index (χ1) is 11.5. The number of benzene rings is 2. The topological polar surface area (TPSA) is 47.6 Å². The molecule has 1 amide bonds. The molecule has 24 heavy (non-hydrogen) atoms. The van der Waals surface area contributed by atoms with Crippen molar-refractivity contribution in [1.82, 2.24) is 0 Å². The van der Waals surface area contributed by atoms with Crippen LogP contribution in [0.4, 0.5) is 14.5 Å². The highest BCUT2D eigenvalue weighted by molar-refractivity contribution is 6.02. The third-order valence-electron chi connectivity index (χ3n) is 3.10. The number of rotatable bonds is 6. The lowest BCUT2D eigenvalue weighted by Gasteiger charge is -2.09. The van der Waals surface area contributed by atoms with Gasteiger partial charge in [-0.3, -0.25) is 4.79 Å². The molecule has 0 saturated heterocycles. The number of anilines is 1. The van der Waals surface area contributed by atoms with Crippen LogP contribution >= 0.6 is 0 Å². The maximum Gasteiger partial charge on any atom is 0.248 e. The van der Waals surface area contributed by atoms with E-state index < -0.39 is 17.5 Å². The van der Waals surface area contributed by atoms with Gasteiger partial charge in [0.15, 0.2) is 11.5 Å². The number of halogens is 2. The molecular formula is C18H17F2NO3. The Labute approximate surface area is 138 Å². The number of ether oxygens (including phenoxy) is 2. The molecule has 2 aromatic rings. The second kappa shape index (κ2) is 8.10. The minimum absolute atomic E-state index is 0.0877. The van der Waals surface area contributed by atoms with Gasteiger partial charge in [0.25, 0.3) is 0 Å². The molecule has 4 nitrogen and oxygen atoms in total. The SMILES string of the molecule is CCOc1ccc(/C=C/C(=O)Nc2ccc(F)cc2F)cc1OC. The van der Waals surface area contributed by atoms with Crippen LogP contribution in [0, 0.1) is 11.6 Å². The Hall–Kier alpha value is -2.89. The summed E-state index contributed by atoms with van der Waals surface area (Å²) in [7, 11) is 1.52. The van der Waals surface area contributed by atoms with Gasteiger partial charge in [-0.05, 0) is 42.8 Å². The fraction of sp³-hybridized carbons (Fsp3) is 0.167. The number of methoxy groups -OCH3 is 1. The first kappa shape index (κ1) is 17.5. The zero-order valence-electron chi connectivity index (χ0n) is 13.3. The number of hydrogen-bond donors (Lipinski definition) is 1. The lowest BCUT2D eigenvalue weighted by atomic mass is 10.2. The zero-order chi connectivity index (χ0) is 17.5. The third-order valence-corrected chi connectivity index (χ3v) is 3.10. The summed E-state index contributed by atoms with van der Waals surface area (Å²) >= 11 is 0. The van der Waals surface area contributed by atoms with Crippen molar-refractivity contribution in [3.63, 3.8) is 0 Å². The Bertz CT molecular complexity index is 760. The van der Waals surface area contributed by atoms with Crippen LogP contribution in [0.2, 0.25) is 0 Å². The highest BCUT2D eigenvalue weighted by Crippen LogP contribution is 2.28. The van der Waals surface area contributed by atoms with E-state index in [9.17, 15) is 13.6 Å². The van der Waals surface area contributed by atoms with Gasteiger partial charge in [-0.25, -0.2) is 8.78 Å². The van der Waals surface area contributed by atoms with Crippen molar-refractivity contribution in [2.45, 2.75) is 6.92 Å². The number of nitrogens with one attached hydrogen (secondary N) is 1. The smallest absolute Gasteiger partial charge is 0.248 e. The normalized spacial score (nSPS) is 10.7. The van der Waals surface area contributed by atoms with Gasteiger partial charge in [-0.1, -0.05) is 6.07 Å². The molecule has 0 bridgehead atoms. The maximum atomic E-state index is 13.5. The van der Waals surface area contributed by atoms with E-state index in [1.807, 2.05) is 6.92 Å². The monoisotopic (exact) mass is 333 g/mol. The van der Waals surface area contributed by atoms with E-state index in [0.717, 1.165) is 12.1 Å². The van der Waals surface area contributed by atoms with Gasteiger partial charge in [0.1, 0.15) is 11.6 Å². The summed E-state index contributed by atoms with van der Waals surface area (Å²) < 4.78 is 36.9. The van der Waals surface area contributed by atoms with Crippen LogP contribution in [-0.2, 0) is 4.79 Å². The van der Waals surface area contributed by atoms with Gasteiger partial charge >= 0.3 is 0 Å². The van der Waals surface area contributed by atoms with Gasteiger partial charge < -0.3 is 14.8 Å². The molecule has 0 heterocycles. The van der Waals surface area contributed by atoms with E-state index in [1.54, 1.807) is 24.3 Å². The molecular weight excluding hydrogens is 316 g/mol. The van der Waals surface area contributed by atoms with E-state index in [-0.39, 0.29) is 5.69 Å². The van der Waals surface area contributed by atoms with Crippen LogP contribution in [0.5, 0.6) is 11.5 Å². The Kier molecular flexibility index (Phi) is 5.89. The minimum atomic E-state index is -0.834. The molecule has 0 aromatic heterocycles. The van der Waals surface area contributed by atoms with E-state index in [4.69, 9.17) is 9.47 Å². The number of carbonyl (C=O) groups is 1. The second-order valence-corrected chi connectivity index (χ2v) is 4.79. The van der Waals surface area contributed by atoms with E-state index in [2.05, 4.69) is 5.32 Å². The highest BCUT2D eigenvalue weighted by atomic mass is 19.1. The molecule has 0 unspecified atom stereocenters. The Balaban J connectivity index is 2.08. The van der Waals surface area contributed by atoms with Crippen LogP contribution in [0.15, 0.2) is 42.5 Å². The Morgan fingerprint density at radius 1 is 1.17 bits per heavy atom. The van der Waals surface area contributed by atoms with E-state index in [1.165, 1.54) is 13.2 Å². The molecule has 0 saturated carbocycles. The molecule has 0 aliphatic rings. The fourth-order valence-corrected chi connectivity index (χ4v) is 2.00. The molecule has 0 radical (unpaired) electrons. The molecule has 0 aliphatic heterocycles. The zero-order valence-corrected chi connectivity index (χ0v) is 13.3. The molecule has 126 valence electrons. The average molecular weight is 333 g/mol. The summed E-state index contributed by atoms with van der Waals surface area (Å²) in [4.78, 5) is 11.8. The van der Waals surface area contributed by atoms with Crippen molar-refractivity contribution in [2.75, 3.05) is 19.0 Å². The van der Waals surface area contributed by atoms with E-state index >= 15 is 0 Å². The van der Waals surface area contributed by atoms with Gasteiger partial charge in [0.05, 0.1) is 19.4 Å². The van der Waals surface area contributed by atoms with E-state index in [0.29, 0.717) is 29.7 Å². The Morgan fingerprint density at radius 3 is 2.62 bits per heavy atom. The summed E-state index contributed by atoms with van der Waals surface area (Å²) in [6.07, 6.45) is 2.80. The lowest BCUT2D eigenvalue weighted by Crippen LogP contribution is -2.09.